The summed E-state index contributed by atoms with van der Waals surface area (Å²) >= 11 is 0. The number of esters is 1. The molecule has 0 aromatic heterocycles. The van der Waals surface area contributed by atoms with Crippen LogP contribution in [0, 0.1) is 23.7 Å². The predicted molar refractivity (Wildman–Crippen MR) is 72.3 cm³/mol. The standard InChI is InChI=1S/C15H23NO3/c1-3-12(14(17)19-4-2)5-8-15(18)11-16-9-6-13(15)7-10-16/h12-13,18H,3-4,6-7,9-11H2,1-2H3. The SMILES string of the molecule is CCOC(=O)C(C#CC1(O)CN2CCC1CC2)CC. The molecule has 0 saturated carbocycles. The number of nitrogens with zero attached hydrogens (tertiary/aromatic N) is 1. The van der Waals surface area contributed by atoms with E-state index < -0.39 is 11.5 Å². The molecule has 0 aliphatic carbocycles. The van der Waals surface area contributed by atoms with Crippen molar-refractivity contribution in [2.24, 2.45) is 11.8 Å². The van der Waals surface area contributed by atoms with Gasteiger partial charge in [-0.25, -0.2) is 0 Å². The van der Waals surface area contributed by atoms with Gasteiger partial charge in [0, 0.05) is 12.5 Å². The van der Waals surface area contributed by atoms with Crippen LogP contribution in [0.3, 0.4) is 0 Å². The number of aliphatic hydroxyl groups is 1. The fourth-order valence-corrected chi connectivity index (χ4v) is 2.96. The summed E-state index contributed by atoms with van der Waals surface area (Å²) in [7, 11) is 0. The Labute approximate surface area is 115 Å². The van der Waals surface area contributed by atoms with Crippen LogP contribution in [-0.2, 0) is 9.53 Å². The van der Waals surface area contributed by atoms with E-state index in [4.69, 9.17) is 4.74 Å². The van der Waals surface area contributed by atoms with Gasteiger partial charge in [0.15, 0.2) is 0 Å². The molecule has 3 aliphatic heterocycles. The van der Waals surface area contributed by atoms with Gasteiger partial charge < -0.3 is 9.84 Å². The van der Waals surface area contributed by atoms with Gasteiger partial charge in [0.05, 0.1) is 6.61 Å². The van der Waals surface area contributed by atoms with Crippen LogP contribution in [0.1, 0.15) is 33.1 Å². The van der Waals surface area contributed by atoms with Crippen LogP contribution in [0.2, 0.25) is 0 Å². The normalized spacial score (nSPS) is 34.3. The monoisotopic (exact) mass is 265 g/mol. The van der Waals surface area contributed by atoms with Crippen molar-refractivity contribution in [3.05, 3.63) is 0 Å². The third kappa shape index (κ3) is 3.10. The molecule has 106 valence electrons. The van der Waals surface area contributed by atoms with Crippen molar-refractivity contribution in [3.63, 3.8) is 0 Å². The molecule has 3 rings (SSSR count). The largest absolute Gasteiger partial charge is 0.465 e. The first kappa shape index (κ1) is 14.4. The van der Waals surface area contributed by atoms with Crippen LogP contribution in [0.25, 0.3) is 0 Å². The molecule has 0 aromatic carbocycles. The minimum atomic E-state index is -0.934. The first-order valence-electron chi connectivity index (χ1n) is 7.23. The fourth-order valence-electron chi connectivity index (χ4n) is 2.96. The summed E-state index contributed by atoms with van der Waals surface area (Å²) in [5.41, 5.74) is -0.934. The van der Waals surface area contributed by atoms with Crippen LogP contribution in [0.5, 0.6) is 0 Å². The molecular weight excluding hydrogens is 242 g/mol. The van der Waals surface area contributed by atoms with Crippen LogP contribution in [-0.4, -0.2) is 47.8 Å². The second-order valence-electron chi connectivity index (χ2n) is 5.46. The molecule has 0 amide bonds. The molecule has 2 unspecified atom stereocenters. The Morgan fingerprint density at radius 2 is 2.16 bits per heavy atom. The molecule has 1 N–H and O–H groups in total. The molecule has 3 fully saturated rings. The Balaban J connectivity index is 2.07. The molecule has 3 saturated heterocycles. The van der Waals surface area contributed by atoms with Crippen LogP contribution in [0.4, 0.5) is 0 Å². The highest BCUT2D eigenvalue weighted by molar-refractivity contribution is 5.75. The number of hydrogen-bond donors (Lipinski definition) is 1. The number of rotatable bonds is 3. The summed E-state index contributed by atoms with van der Waals surface area (Å²) in [6.45, 7) is 6.81. The van der Waals surface area contributed by atoms with Crippen molar-refractivity contribution < 1.29 is 14.6 Å². The minimum absolute atomic E-state index is 0.254. The lowest BCUT2D eigenvalue weighted by Gasteiger charge is -2.47. The Morgan fingerprint density at radius 3 is 2.63 bits per heavy atom. The topological polar surface area (TPSA) is 49.8 Å². The minimum Gasteiger partial charge on any atom is -0.465 e. The van der Waals surface area contributed by atoms with Crippen LogP contribution >= 0.6 is 0 Å². The third-order valence-electron chi connectivity index (χ3n) is 4.17. The first-order chi connectivity index (χ1) is 9.09. The lowest BCUT2D eigenvalue weighted by atomic mass is 9.75. The molecule has 4 nitrogen and oxygen atoms in total. The number of fused-ring (bicyclic) bond motifs is 3. The molecule has 4 heteroatoms. The van der Waals surface area contributed by atoms with E-state index in [2.05, 4.69) is 16.7 Å². The number of carbonyl (C=O) groups excluding carboxylic acids is 1. The second-order valence-corrected chi connectivity index (χ2v) is 5.46. The number of carbonyl (C=O) groups is 1. The molecule has 3 aliphatic rings. The zero-order valence-electron chi connectivity index (χ0n) is 11.8. The van der Waals surface area contributed by atoms with E-state index in [0.29, 0.717) is 19.6 Å². The van der Waals surface area contributed by atoms with Crippen molar-refractivity contribution >= 4 is 5.97 Å². The van der Waals surface area contributed by atoms with E-state index in [1.807, 2.05) is 6.92 Å². The molecule has 0 spiro atoms. The summed E-state index contributed by atoms with van der Waals surface area (Å²) in [5.74, 6) is 5.49. The van der Waals surface area contributed by atoms with Crippen molar-refractivity contribution in [1.82, 2.24) is 4.90 Å². The molecule has 2 bridgehead atoms. The van der Waals surface area contributed by atoms with Gasteiger partial charge in [-0.05, 0) is 39.3 Å². The Kier molecular flexibility index (Phi) is 4.49. The zero-order valence-corrected chi connectivity index (χ0v) is 11.8. The first-order valence-corrected chi connectivity index (χ1v) is 7.23. The average molecular weight is 265 g/mol. The summed E-state index contributed by atoms with van der Waals surface area (Å²) in [6, 6.07) is 0. The van der Waals surface area contributed by atoms with E-state index in [0.717, 1.165) is 25.9 Å². The quantitative estimate of drug-likeness (QED) is 0.612. The van der Waals surface area contributed by atoms with Crippen molar-refractivity contribution in [2.75, 3.05) is 26.2 Å². The third-order valence-corrected chi connectivity index (χ3v) is 4.17. The van der Waals surface area contributed by atoms with Gasteiger partial charge in [-0.1, -0.05) is 18.8 Å². The van der Waals surface area contributed by atoms with E-state index in [1.54, 1.807) is 6.92 Å². The van der Waals surface area contributed by atoms with Crippen molar-refractivity contribution in [2.45, 2.75) is 38.7 Å². The highest BCUT2D eigenvalue weighted by atomic mass is 16.5. The summed E-state index contributed by atoms with van der Waals surface area (Å²) in [6.07, 6.45) is 2.62. The summed E-state index contributed by atoms with van der Waals surface area (Å²) < 4.78 is 5.00. The second kappa shape index (κ2) is 5.94. The maximum absolute atomic E-state index is 11.7. The maximum Gasteiger partial charge on any atom is 0.321 e. The van der Waals surface area contributed by atoms with Gasteiger partial charge in [-0.3, -0.25) is 9.69 Å². The molecule has 19 heavy (non-hydrogen) atoms. The Bertz CT molecular complexity index is 390. The highest BCUT2D eigenvalue weighted by Gasteiger charge is 2.44. The van der Waals surface area contributed by atoms with Crippen molar-refractivity contribution in [3.8, 4) is 11.8 Å². The van der Waals surface area contributed by atoms with Gasteiger partial charge >= 0.3 is 5.97 Å². The molecular formula is C15H23NO3. The Morgan fingerprint density at radius 1 is 1.47 bits per heavy atom. The smallest absolute Gasteiger partial charge is 0.321 e. The maximum atomic E-state index is 11.7. The van der Waals surface area contributed by atoms with E-state index in [1.165, 1.54) is 0 Å². The highest BCUT2D eigenvalue weighted by Crippen LogP contribution is 2.35. The van der Waals surface area contributed by atoms with E-state index in [-0.39, 0.29) is 11.9 Å². The van der Waals surface area contributed by atoms with Gasteiger partial charge in [0.25, 0.3) is 0 Å². The number of ether oxygens (including phenoxy) is 1. The van der Waals surface area contributed by atoms with Gasteiger partial charge in [0.1, 0.15) is 11.5 Å². The molecule has 2 atom stereocenters. The lowest BCUT2D eigenvalue weighted by molar-refractivity contribution is -0.146. The molecule has 0 aromatic rings. The fraction of sp³-hybridized carbons (Fsp3) is 0.800. The van der Waals surface area contributed by atoms with Crippen LogP contribution in [0.15, 0.2) is 0 Å². The lowest BCUT2D eigenvalue weighted by Crippen LogP contribution is -2.58. The zero-order chi connectivity index (χ0) is 13.9. The van der Waals surface area contributed by atoms with Gasteiger partial charge in [-0.2, -0.15) is 0 Å². The van der Waals surface area contributed by atoms with E-state index in [9.17, 15) is 9.90 Å². The number of piperidine rings is 3. The predicted octanol–water partition coefficient (Wildman–Crippen LogP) is 1.04. The van der Waals surface area contributed by atoms with Crippen molar-refractivity contribution in [1.29, 1.82) is 0 Å². The molecule has 0 radical (unpaired) electrons. The Hall–Kier alpha value is -1.05. The van der Waals surface area contributed by atoms with E-state index >= 15 is 0 Å². The van der Waals surface area contributed by atoms with Gasteiger partial charge in [-0.15, -0.1) is 0 Å². The molecule has 3 heterocycles. The average Bonchev–Trinajstić information content (AvgIpc) is 2.40. The van der Waals surface area contributed by atoms with Crippen LogP contribution < -0.4 is 0 Å². The summed E-state index contributed by atoms with van der Waals surface area (Å²) in [5, 5.41) is 10.7. The summed E-state index contributed by atoms with van der Waals surface area (Å²) in [4.78, 5) is 13.9. The van der Waals surface area contributed by atoms with Gasteiger partial charge in [0.2, 0.25) is 0 Å². The number of hydrogen-bond acceptors (Lipinski definition) is 4.